The average molecular weight is 370 g/mol. The van der Waals surface area contributed by atoms with E-state index >= 15 is 0 Å². The summed E-state index contributed by atoms with van der Waals surface area (Å²) in [4.78, 5) is 25.8. The van der Waals surface area contributed by atoms with E-state index < -0.39 is 0 Å². The molecular weight excluding hydrogens is 340 g/mol. The number of amides is 1. The van der Waals surface area contributed by atoms with Crippen LogP contribution < -0.4 is 16.6 Å². The van der Waals surface area contributed by atoms with Crippen molar-refractivity contribution in [2.45, 2.75) is 58.5 Å². The van der Waals surface area contributed by atoms with Gasteiger partial charge in [0.2, 0.25) is 0 Å². The van der Waals surface area contributed by atoms with E-state index in [2.05, 4.69) is 10.4 Å². The highest BCUT2D eigenvalue weighted by atomic mass is 16.2. The lowest BCUT2D eigenvalue weighted by molar-refractivity contribution is 0.0909. The number of carbonyl (C=O) groups excluding carboxylic acids is 1. The highest BCUT2D eigenvalue weighted by Crippen LogP contribution is 2.26. The van der Waals surface area contributed by atoms with E-state index in [1.807, 2.05) is 26.0 Å². The summed E-state index contributed by atoms with van der Waals surface area (Å²) in [5.41, 5.74) is 6.12. The van der Waals surface area contributed by atoms with Gasteiger partial charge in [-0.2, -0.15) is 5.10 Å². The number of carbonyl (C=O) groups is 1. The molecule has 0 saturated heterocycles. The van der Waals surface area contributed by atoms with Crippen molar-refractivity contribution in [1.82, 2.24) is 15.1 Å². The summed E-state index contributed by atoms with van der Waals surface area (Å²) in [6, 6.07) is 7.14. The van der Waals surface area contributed by atoms with Gasteiger partial charge in [0, 0.05) is 24.5 Å². The van der Waals surface area contributed by atoms with Gasteiger partial charge in [-0.25, -0.2) is 4.68 Å². The van der Waals surface area contributed by atoms with Gasteiger partial charge in [0.15, 0.2) is 5.69 Å². The van der Waals surface area contributed by atoms with Crippen LogP contribution in [0.5, 0.6) is 0 Å². The molecule has 1 fully saturated rings. The second-order valence-electron chi connectivity index (χ2n) is 7.99. The highest BCUT2D eigenvalue weighted by molar-refractivity contribution is 6.04. The lowest BCUT2D eigenvalue weighted by atomic mass is 9.84. The molecule has 0 spiro atoms. The predicted octanol–water partition coefficient (Wildman–Crippen LogP) is 2.69. The molecule has 0 bridgehead atoms. The fourth-order valence-corrected chi connectivity index (χ4v) is 4.01. The molecule has 3 N–H and O–H groups in total. The molecule has 146 valence electrons. The third-order valence-corrected chi connectivity index (χ3v) is 5.41. The SMILES string of the molecule is CC(C)Cn1nc(C(=O)NC(CN)C2CCCCC2)c2ccccc2c1=O. The molecule has 1 aliphatic rings. The molecule has 1 aliphatic carbocycles. The molecule has 1 aromatic heterocycles. The van der Waals surface area contributed by atoms with Gasteiger partial charge in [0.1, 0.15) is 0 Å². The number of hydrogen-bond acceptors (Lipinski definition) is 4. The van der Waals surface area contributed by atoms with Crippen LogP contribution >= 0.6 is 0 Å². The Balaban J connectivity index is 1.95. The fraction of sp³-hybridized carbons (Fsp3) is 0.571. The van der Waals surface area contributed by atoms with Crippen molar-refractivity contribution >= 4 is 16.7 Å². The van der Waals surface area contributed by atoms with Gasteiger partial charge in [-0.15, -0.1) is 0 Å². The van der Waals surface area contributed by atoms with Crippen molar-refractivity contribution in [3.8, 4) is 0 Å². The second-order valence-corrected chi connectivity index (χ2v) is 7.99. The van der Waals surface area contributed by atoms with E-state index in [-0.39, 0.29) is 23.4 Å². The zero-order valence-corrected chi connectivity index (χ0v) is 16.3. The number of rotatable bonds is 6. The first-order chi connectivity index (χ1) is 13.0. The van der Waals surface area contributed by atoms with E-state index in [0.29, 0.717) is 35.5 Å². The normalized spacial score (nSPS) is 16.6. The minimum absolute atomic E-state index is 0.0520. The Morgan fingerprint density at radius 1 is 1.22 bits per heavy atom. The van der Waals surface area contributed by atoms with Crippen LogP contribution in [0.1, 0.15) is 56.4 Å². The Kier molecular flexibility index (Phi) is 6.26. The molecule has 3 rings (SSSR count). The fourth-order valence-electron chi connectivity index (χ4n) is 4.01. The highest BCUT2D eigenvalue weighted by Gasteiger charge is 2.26. The molecule has 6 heteroatoms. The molecule has 2 aromatic rings. The van der Waals surface area contributed by atoms with E-state index in [1.165, 1.54) is 23.9 Å². The molecule has 1 aromatic carbocycles. The first-order valence-corrected chi connectivity index (χ1v) is 10.0. The molecule has 0 radical (unpaired) electrons. The van der Waals surface area contributed by atoms with Crippen LogP contribution in [0.4, 0.5) is 0 Å². The summed E-state index contributed by atoms with van der Waals surface area (Å²) in [7, 11) is 0. The molecule has 1 atom stereocenters. The van der Waals surface area contributed by atoms with Crippen LogP contribution in [0.3, 0.4) is 0 Å². The maximum absolute atomic E-state index is 13.1. The quantitative estimate of drug-likeness (QED) is 0.818. The summed E-state index contributed by atoms with van der Waals surface area (Å²) in [6.07, 6.45) is 5.84. The van der Waals surface area contributed by atoms with Crippen LogP contribution in [0, 0.1) is 11.8 Å². The Morgan fingerprint density at radius 2 is 1.89 bits per heavy atom. The Labute approximate surface area is 160 Å². The minimum atomic E-state index is -0.246. The van der Waals surface area contributed by atoms with Crippen molar-refractivity contribution in [2.75, 3.05) is 6.54 Å². The van der Waals surface area contributed by atoms with Gasteiger partial charge in [-0.3, -0.25) is 9.59 Å². The van der Waals surface area contributed by atoms with Gasteiger partial charge in [-0.1, -0.05) is 51.3 Å². The van der Waals surface area contributed by atoms with Crippen LogP contribution in [-0.4, -0.2) is 28.3 Å². The summed E-state index contributed by atoms with van der Waals surface area (Å²) < 4.78 is 1.42. The van der Waals surface area contributed by atoms with Crippen LogP contribution in [-0.2, 0) is 6.54 Å². The number of nitrogens with zero attached hydrogens (tertiary/aromatic N) is 2. The van der Waals surface area contributed by atoms with E-state index in [4.69, 9.17) is 5.73 Å². The monoisotopic (exact) mass is 370 g/mol. The van der Waals surface area contributed by atoms with E-state index in [0.717, 1.165) is 12.8 Å². The van der Waals surface area contributed by atoms with E-state index in [9.17, 15) is 9.59 Å². The maximum Gasteiger partial charge on any atom is 0.274 e. The van der Waals surface area contributed by atoms with Gasteiger partial charge >= 0.3 is 0 Å². The zero-order chi connectivity index (χ0) is 19.4. The van der Waals surface area contributed by atoms with Crippen LogP contribution in [0.15, 0.2) is 29.1 Å². The second kappa shape index (κ2) is 8.65. The average Bonchev–Trinajstić information content (AvgIpc) is 2.68. The Morgan fingerprint density at radius 3 is 2.52 bits per heavy atom. The largest absolute Gasteiger partial charge is 0.346 e. The third-order valence-electron chi connectivity index (χ3n) is 5.41. The third kappa shape index (κ3) is 4.38. The van der Waals surface area contributed by atoms with E-state index in [1.54, 1.807) is 12.1 Å². The van der Waals surface area contributed by atoms with Crippen molar-refractivity contribution in [3.63, 3.8) is 0 Å². The molecule has 6 nitrogen and oxygen atoms in total. The van der Waals surface area contributed by atoms with Crippen molar-refractivity contribution in [3.05, 3.63) is 40.3 Å². The number of nitrogens with two attached hydrogens (primary N) is 1. The molecule has 27 heavy (non-hydrogen) atoms. The molecular formula is C21H30N4O2. The summed E-state index contributed by atoms with van der Waals surface area (Å²) in [5.74, 6) is 0.427. The molecule has 1 unspecified atom stereocenters. The topological polar surface area (TPSA) is 90.0 Å². The van der Waals surface area contributed by atoms with Gasteiger partial charge in [-0.05, 0) is 30.7 Å². The molecule has 1 amide bonds. The number of aromatic nitrogens is 2. The lowest BCUT2D eigenvalue weighted by Crippen LogP contribution is -2.46. The van der Waals surface area contributed by atoms with Crippen molar-refractivity contribution in [1.29, 1.82) is 0 Å². The summed E-state index contributed by atoms with van der Waals surface area (Å²) in [5, 5.41) is 8.65. The maximum atomic E-state index is 13.1. The van der Waals surface area contributed by atoms with Crippen LogP contribution in [0.2, 0.25) is 0 Å². The van der Waals surface area contributed by atoms with Gasteiger partial charge < -0.3 is 11.1 Å². The van der Waals surface area contributed by atoms with Crippen molar-refractivity contribution in [2.24, 2.45) is 17.6 Å². The minimum Gasteiger partial charge on any atom is -0.346 e. The Hall–Kier alpha value is -2.21. The zero-order valence-electron chi connectivity index (χ0n) is 16.3. The van der Waals surface area contributed by atoms with Gasteiger partial charge in [0.05, 0.1) is 5.39 Å². The summed E-state index contributed by atoms with van der Waals surface area (Å²) >= 11 is 0. The number of hydrogen-bond donors (Lipinski definition) is 2. The first-order valence-electron chi connectivity index (χ1n) is 10.0. The number of fused-ring (bicyclic) bond motifs is 1. The predicted molar refractivity (Wildman–Crippen MR) is 108 cm³/mol. The standard InChI is InChI=1S/C21H30N4O2/c1-14(2)13-25-21(27)17-11-7-6-10-16(17)19(24-25)20(26)23-18(12-22)15-8-4-3-5-9-15/h6-7,10-11,14-15,18H,3-5,8-9,12-13,22H2,1-2H3,(H,23,26). The first kappa shape index (κ1) is 19.5. The number of benzene rings is 1. The smallest absolute Gasteiger partial charge is 0.274 e. The number of nitrogens with one attached hydrogen (secondary N) is 1. The Bertz CT molecular complexity index is 853. The molecule has 1 saturated carbocycles. The van der Waals surface area contributed by atoms with Crippen LogP contribution in [0.25, 0.3) is 10.8 Å². The summed E-state index contributed by atoms with van der Waals surface area (Å²) in [6.45, 7) is 4.94. The molecule has 0 aliphatic heterocycles. The molecule has 1 heterocycles. The lowest BCUT2D eigenvalue weighted by Gasteiger charge is -2.30. The van der Waals surface area contributed by atoms with Gasteiger partial charge in [0.25, 0.3) is 11.5 Å². The van der Waals surface area contributed by atoms with Crippen molar-refractivity contribution < 1.29 is 4.79 Å².